The molecule has 2 rings (SSSR count). The fraction of sp³-hybridized carbons (Fsp3) is 0.188. The average Bonchev–Trinajstić information content (AvgIpc) is 2.53. The van der Waals surface area contributed by atoms with Crippen molar-refractivity contribution in [3.05, 3.63) is 59.7 Å². The zero-order chi connectivity index (χ0) is 15.2. The number of benzene rings is 2. The lowest BCUT2D eigenvalue weighted by Crippen LogP contribution is -2.28. The van der Waals surface area contributed by atoms with Crippen LogP contribution in [-0.4, -0.2) is 29.8 Å². The van der Waals surface area contributed by atoms with Crippen LogP contribution in [0, 0.1) is 0 Å². The van der Waals surface area contributed by atoms with Gasteiger partial charge in [0, 0.05) is 12.1 Å². The maximum Gasteiger partial charge on any atom is 0.251 e. The quantitative estimate of drug-likeness (QED) is 0.784. The van der Waals surface area contributed by atoms with Gasteiger partial charge in [-0.3, -0.25) is 4.79 Å². The number of aliphatic hydroxyl groups is 1. The molecule has 1 unspecified atom stereocenters. The van der Waals surface area contributed by atoms with Gasteiger partial charge in [-0.1, -0.05) is 24.3 Å². The van der Waals surface area contributed by atoms with Crippen molar-refractivity contribution in [3.8, 4) is 11.5 Å². The number of carbonyl (C=O) groups is 1. The van der Waals surface area contributed by atoms with Crippen molar-refractivity contribution in [2.24, 2.45) is 0 Å². The summed E-state index contributed by atoms with van der Waals surface area (Å²) in [6.45, 7) is 0.0711. The molecule has 0 saturated carbocycles. The molecule has 5 heteroatoms. The zero-order valence-corrected chi connectivity index (χ0v) is 11.6. The standard InChI is InChI=1S/C16H17NO4/c1-21-15-9-12(7-8-13(15)18)14(19)10-17-16(20)11-5-3-2-4-6-11/h2-9,14,18-19H,10H2,1H3,(H,17,20). The molecule has 1 atom stereocenters. The Balaban J connectivity index is 1.99. The summed E-state index contributed by atoms with van der Waals surface area (Å²) in [5.41, 5.74) is 1.09. The van der Waals surface area contributed by atoms with Crippen molar-refractivity contribution in [2.75, 3.05) is 13.7 Å². The van der Waals surface area contributed by atoms with Gasteiger partial charge in [0.2, 0.25) is 0 Å². The van der Waals surface area contributed by atoms with E-state index in [9.17, 15) is 15.0 Å². The minimum atomic E-state index is -0.882. The van der Waals surface area contributed by atoms with Crippen LogP contribution in [-0.2, 0) is 0 Å². The predicted octanol–water partition coefficient (Wildman–Crippen LogP) is 1.86. The van der Waals surface area contributed by atoms with Crippen molar-refractivity contribution in [1.82, 2.24) is 5.32 Å². The lowest BCUT2D eigenvalue weighted by atomic mass is 10.1. The van der Waals surface area contributed by atoms with Crippen LogP contribution < -0.4 is 10.1 Å². The number of carbonyl (C=O) groups excluding carboxylic acids is 1. The van der Waals surface area contributed by atoms with Crippen LogP contribution in [0.15, 0.2) is 48.5 Å². The molecule has 2 aromatic carbocycles. The molecule has 0 aromatic heterocycles. The molecule has 0 saturated heterocycles. The van der Waals surface area contributed by atoms with E-state index in [1.54, 1.807) is 30.3 Å². The smallest absolute Gasteiger partial charge is 0.251 e. The third-order valence-electron chi connectivity index (χ3n) is 3.08. The van der Waals surface area contributed by atoms with E-state index in [1.807, 2.05) is 6.07 Å². The summed E-state index contributed by atoms with van der Waals surface area (Å²) in [6.07, 6.45) is -0.882. The first-order chi connectivity index (χ1) is 10.1. The molecule has 110 valence electrons. The second-order valence-electron chi connectivity index (χ2n) is 4.52. The fourth-order valence-corrected chi connectivity index (χ4v) is 1.90. The molecular weight excluding hydrogens is 270 g/mol. The fourth-order valence-electron chi connectivity index (χ4n) is 1.90. The Labute approximate surface area is 122 Å². The summed E-state index contributed by atoms with van der Waals surface area (Å²) in [7, 11) is 1.43. The number of nitrogens with one attached hydrogen (secondary N) is 1. The molecule has 0 aliphatic heterocycles. The minimum Gasteiger partial charge on any atom is -0.504 e. The number of hydrogen-bond donors (Lipinski definition) is 3. The number of phenols is 1. The second kappa shape index (κ2) is 6.76. The third-order valence-corrected chi connectivity index (χ3v) is 3.08. The van der Waals surface area contributed by atoms with Crippen LogP contribution in [0.1, 0.15) is 22.0 Å². The molecular formula is C16H17NO4. The normalized spacial score (nSPS) is 11.7. The Hall–Kier alpha value is -2.53. The molecule has 0 aliphatic rings. The summed E-state index contributed by atoms with van der Waals surface area (Å²) in [4.78, 5) is 11.9. The zero-order valence-electron chi connectivity index (χ0n) is 11.6. The van der Waals surface area contributed by atoms with Gasteiger partial charge in [0.05, 0.1) is 13.2 Å². The Bertz CT molecular complexity index is 613. The molecule has 3 N–H and O–H groups in total. The first kappa shape index (κ1) is 14.9. The van der Waals surface area contributed by atoms with Gasteiger partial charge >= 0.3 is 0 Å². The maximum atomic E-state index is 11.9. The highest BCUT2D eigenvalue weighted by molar-refractivity contribution is 5.94. The third kappa shape index (κ3) is 3.73. The van der Waals surface area contributed by atoms with E-state index in [-0.39, 0.29) is 24.0 Å². The van der Waals surface area contributed by atoms with Crippen molar-refractivity contribution in [2.45, 2.75) is 6.10 Å². The first-order valence-corrected chi connectivity index (χ1v) is 6.50. The summed E-state index contributed by atoms with van der Waals surface area (Å²) < 4.78 is 4.98. The first-order valence-electron chi connectivity index (χ1n) is 6.50. The molecule has 0 heterocycles. The Morgan fingerprint density at radius 2 is 1.95 bits per heavy atom. The van der Waals surface area contributed by atoms with Gasteiger partial charge in [-0.25, -0.2) is 0 Å². The van der Waals surface area contributed by atoms with Crippen molar-refractivity contribution in [3.63, 3.8) is 0 Å². The number of amides is 1. The average molecular weight is 287 g/mol. The number of hydrogen-bond acceptors (Lipinski definition) is 4. The van der Waals surface area contributed by atoms with Crippen LogP contribution in [0.25, 0.3) is 0 Å². The molecule has 0 aliphatic carbocycles. The number of methoxy groups -OCH3 is 1. The lowest BCUT2D eigenvalue weighted by molar-refractivity contribution is 0.0916. The summed E-state index contributed by atoms with van der Waals surface area (Å²) in [6, 6.07) is 13.3. The molecule has 5 nitrogen and oxygen atoms in total. The van der Waals surface area contributed by atoms with E-state index >= 15 is 0 Å². The number of ether oxygens (including phenoxy) is 1. The molecule has 0 radical (unpaired) electrons. The van der Waals surface area contributed by atoms with Crippen LogP contribution in [0.4, 0.5) is 0 Å². The molecule has 1 amide bonds. The van der Waals surface area contributed by atoms with Gasteiger partial charge in [0.1, 0.15) is 0 Å². The summed E-state index contributed by atoms with van der Waals surface area (Å²) >= 11 is 0. The lowest BCUT2D eigenvalue weighted by Gasteiger charge is -2.14. The summed E-state index contributed by atoms with van der Waals surface area (Å²) in [5.74, 6) is 0.0306. The van der Waals surface area contributed by atoms with Gasteiger partial charge < -0.3 is 20.3 Å². The highest BCUT2D eigenvalue weighted by Gasteiger charge is 2.13. The highest BCUT2D eigenvalue weighted by atomic mass is 16.5. The van der Waals surface area contributed by atoms with Gasteiger partial charge in [-0.2, -0.15) is 0 Å². The SMILES string of the molecule is COc1cc(C(O)CNC(=O)c2ccccc2)ccc1O. The van der Waals surface area contributed by atoms with Crippen LogP contribution >= 0.6 is 0 Å². The highest BCUT2D eigenvalue weighted by Crippen LogP contribution is 2.28. The summed E-state index contributed by atoms with van der Waals surface area (Å²) in [5, 5.41) is 22.2. The van der Waals surface area contributed by atoms with Crippen molar-refractivity contribution in [1.29, 1.82) is 0 Å². The van der Waals surface area contributed by atoms with Crippen molar-refractivity contribution >= 4 is 5.91 Å². The molecule has 0 bridgehead atoms. The van der Waals surface area contributed by atoms with Gasteiger partial charge in [0.15, 0.2) is 11.5 Å². The van der Waals surface area contributed by atoms with E-state index in [0.717, 1.165) is 0 Å². The molecule has 0 fully saturated rings. The van der Waals surface area contributed by atoms with Crippen LogP contribution in [0.5, 0.6) is 11.5 Å². The topological polar surface area (TPSA) is 78.8 Å². The monoisotopic (exact) mass is 287 g/mol. The predicted molar refractivity (Wildman–Crippen MR) is 78.4 cm³/mol. The molecule has 0 spiro atoms. The van der Waals surface area contributed by atoms with Gasteiger partial charge in [-0.15, -0.1) is 0 Å². The molecule has 21 heavy (non-hydrogen) atoms. The Morgan fingerprint density at radius 3 is 2.62 bits per heavy atom. The number of aromatic hydroxyl groups is 1. The molecule has 2 aromatic rings. The van der Waals surface area contributed by atoms with Crippen LogP contribution in [0.3, 0.4) is 0 Å². The van der Waals surface area contributed by atoms with Crippen molar-refractivity contribution < 1.29 is 19.7 Å². The van der Waals surface area contributed by atoms with E-state index in [4.69, 9.17) is 4.74 Å². The van der Waals surface area contributed by atoms with Gasteiger partial charge in [-0.05, 0) is 29.8 Å². The van der Waals surface area contributed by atoms with E-state index in [2.05, 4.69) is 5.32 Å². The van der Waals surface area contributed by atoms with Crippen LogP contribution in [0.2, 0.25) is 0 Å². The maximum absolute atomic E-state index is 11.9. The number of phenolic OH excluding ortho intramolecular Hbond substituents is 1. The minimum absolute atomic E-state index is 0.00164. The van der Waals surface area contributed by atoms with Gasteiger partial charge in [0.25, 0.3) is 5.91 Å². The second-order valence-corrected chi connectivity index (χ2v) is 4.52. The van der Waals surface area contributed by atoms with E-state index < -0.39 is 6.10 Å². The number of rotatable bonds is 5. The Kier molecular flexibility index (Phi) is 4.79. The Morgan fingerprint density at radius 1 is 1.24 bits per heavy atom. The largest absolute Gasteiger partial charge is 0.504 e. The number of aliphatic hydroxyl groups excluding tert-OH is 1. The van der Waals surface area contributed by atoms with E-state index in [0.29, 0.717) is 11.1 Å². The van der Waals surface area contributed by atoms with E-state index in [1.165, 1.54) is 19.2 Å².